The second-order valence-corrected chi connectivity index (χ2v) is 7.51. The molecule has 1 aliphatic rings. The molecule has 1 aromatic carbocycles. The van der Waals surface area contributed by atoms with Crippen molar-refractivity contribution in [3.63, 3.8) is 0 Å². The van der Waals surface area contributed by atoms with E-state index in [1.165, 1.54) is 0 Å². The van der Waals surface area contributed by atoms with Crippen LogP contribution in [0.1, 0.15) is 38.7 Å². The monoisotopic (exact) mass is 296 g/mol. The molecule has 0 radical (unpaired) electrons. The maximum Gasteiger partial charge on any atom is 0.243 e. The van der Waals surface area contributed by atoms with Gasteiger partial charge in [0.25, 0.3) is 0 Å². The normalized spacial score (nSPS) is 19.4. The Kier molecular flexibility index (Phi) is 4.52. The summed E-state index contributed by atoms with van der Waals surface area (Å²) in [6.45, 7) is 5.78. The molecule has 4 nitrogen and oxygen atoms in total. The van der Waals surface area contributed by atoms with Crippen LogP contribution in [0.25, 0.3) is 0 Å². The van der Waals surface area contributed by atoms with E-state index in [4.69, 9.17) is 5.73 Å². The van der Waals surface area contributed by atoms with Gasteiger partial charge in [0.05, 0.1) is 4.90 Å². The zero-order valence-corrected chi connectivity index (χ0v) is 13.1. The molecule has 5 heteroatoms. The lowest BCUT2D eigenvalue weighted by Crippen LogP contribution is -2.32. The van der Waals surface area contributed by atoms with Gasteiger partial charge in [-0.25, -0.2) is 8.42 Å². The molecule has 1 aromatic rings. The van der Waals surface area contributed by atoms with Crippen molar-refractivity contribution in [1.82, 2.24) is 4.31 Å². The molecule has 0 saturated carbocycles. The second-order valence-electron chi connectivity index (χ2n) is 5.61. The van der Waals surface area contributed by atoms with Gasteiger partial charge in [-0.1, -0.05) is 32.0 Å². The van der Waals surface area contributed by atoms with Gasteiger partial charge in [0.15, 0.2) is 0 Å². The highest BCUT2D eigenvalue weighted by molar-refractivity contribution is 7.89. The Morgan fingerprint density at radius 2 is 1.90 bits per heavy atom. The van der Waals surface area contributed by atoms with Crippen molar-refractivity contribution in [2.24, 2.45) is 11.1 Å². The zero-order valence-electron chi connectivity index (χ0n) is 12.3. The third kappa shape index (κ3) is 2.62. The topological polar surface area (TPSA) is 63.4 Å². The maximum atomic E-state index is 12.8. The van der Waals surface area contributed by atoms with E-state index >= 15 is 0 Å². The summed E-state index contributed by atoms with van der Waals surface area (Å²) in [7, 11) is -3.42. The minimum Gasteiger partial charge on any atom is -0.326 e. The highest BCUT2D eigenvalue weighted by Crippen LogP contribution is 2.39. The highest BCUT2D eigenvalue weighted by Gasteiger charge is 2.40. The van der Waals surface area contributed by atoms with Gasteiger partial charge < -0.3 is 5.73 Å². The minimum atomic E-state index is -3.42. The van der Waals surface area contributed by atoms with Crippen molar-refractivity contribution in [2.45, 2.75) is 44.6 Å². The Balaban J connectivity index is 2.33. The van der Waals surface area contributed by atoms with Crippen molar-refractivity contribution in [3.8, 4) is 0 Å². The van der Waals surface area contributed by atoms with Crippen molar-refractivity contribution in [3.05, 3.63) is 29.8 Å². The third-order valence-electron chi connectivity index (χ3n) is 4.71. The molecule has 2 N–H and O–H groups in total. The Morgan fingerprint density at radius 1 is 1.25 bits per heavy atom. The van der Waals surface area contributed by atoms with Gasteiger partial charge in [-0.05, 0) is 36.3 Å². The second kappa shape index (κ2) is 5.84. The Bertz CT molecular complexity index is 565. The lowest BCUT2D eigenvalue weighted by atomic mass is 9.82. The van der Waals surface area contributed by atoms with Gasteiger partial charge in [-0.15, -0.1) is 0 Å². The van der Waals surface area contributed by atoms with Gasteiger partial charge in [-0.2, -0.15) is 4.31 Å². The van der Waals surface area contributed by atoms with Crippen LogP contribution in [0, 0.1) is 5.41 Å². The van der Waals surface area contributed by atoms with Crippen LogP contribution in [0.2, 0.25) is 0 Å². The maximum absolute atomic E-state index is 12.8. The van der Waals surface area contributed by atoms with Crippen LogP contribution in [0.3, 0.4) is 0 Å². The van der Waals surface area contributed by atoms with Gasteiger partial charge in [0.2, 0.25) is 10.0 Å². The predicted octanol–water partition coefficient (Wildman–Crippen LogP) is 2.35. The van der Waals surface area contributed by atoms with Crippen LogP contribution in [0.5, 0.6) is 0 Å². The molecule has 0 amide bonds. The number of benzene rings is 1. The van der Waals surface area contributed by atoms with E-state index in [0.717, 1.165) is 19.3 Å². The molecule has 1 saturated heterocycles. The van der Waals surface area contributed by atoms with Gasteiger partial charge in [-0.3, -0.25) is 0 Å². The standard InChI is InChI=1S/C15H24N2O2S/c1-3-15(4-2)9-10-17(12-15)20(18,19)14-8-6-5-7-13(14)11-16/h5-8H,3-4,9-12,16H2,1-2H3. The summed E-state index contributed by atoms with van der Waals surface area (Å²) in [6.07, 6.45) is 2.99. The third-order valence-corrected chi connectivity index (χ3v) is 6.66. The van der Waals surface area contributed by atoms with Crippen molar-refractivity contribution < 1.29 is 8.42 Å². The van der Waals surface area contributed by atoms with Crippen molar-refractivity contribution in [1.29, 1.82) is 0 Å². The van der Waals surface area contributed by atoms with Crippen LogP contribution in [0.4, 0.5) is 0 Å². The van der Waals surface area contributed by atoms with Crippen LogP contribution < -0.4 is 5.73 Å². The Morgan fingerprint density at radius 3 is 2.45 bits per heavy atom. The molecule has 0 spiro atoms. The molecule has 0 unspecified atom stereocenters. The number of hydrogen-bond donors (Lipinski definition) is 1. The zero-order chi connectivity index (χ0) is 14.8. The fraction of sp³-hybridized carbons (Fsp3) is 0.600. The molecule has 20 heavy (non-hydrogen) atoms. The fourth-order valence-corrected chi connectivity index (χ4v) is 4.78. The van der Waals surface area contributed by atoms with Crippen molar-refractivity contribution in [2.75, 3.05) is 13.1 Å². The van der Waals surface area contributed by atoms with E-state index in [1.54, 1.807) is 22.5 Å². The molecular formula is C15H24N2O2S. The largest absolute Gasteiger partial charge is 0.326 e. The summed E-state index contributed by atoms with van der Waals surface area (Å²) in [4.78, 5) is 0.366. The Labute approximate surface area is 122 Å². The minimum absolute atomic E-state index is 0.144. The van der Waals surface area contributed by atoms with Gasteiger partial charge in [0, 0.05) is 19.6 Å². The molecule has 112 valence electrons. The molecule has 0 atom stereocenters. The number of hydrogen-bond acceptors (Lipinski definition) is 3. The molecule has 0 bridgehead atoms. The molecule has 0 aliphatic carbocycles. The average molecular weight is 296 g/mol. The first-order chi connectivity index (χ1) is 9.49. The van der Waals surface area contributed by atoms with E-state index in [1.807, 2.05) is 6.07 Å². The van der Waals surface area contributed by atoms with Crippen molar-refractivity contribution >= 4 is 10.0 Å². The van der Waals surface area contributed by atoms with Crippen LogP contribution in [0.15, 0.2) is 29.2 Å². The van der Waals surface area contributed by atoms with E-state index in [9.17, 15) is 8.42 Å². The van der Waals surface area contributed by atoms with Crippen LogP contribution >= 0.6 is 0 Å². The van der Waals surface area contributed by atoms with E-state index in [2.05, 4.69) is 13.8 Å². The lowest BCUT2D eigenvalue weighted by molar-refractivity contribution is 0.279. The smallest absolute Gasteiger partial charge is 0.243 e. The van der Waals surface area contributed by atoms with Gasteiger partial charge >= 0.3 is 0 Å². The first-order valence-electron chi connectivity index (χ1n) is 7.27. The summed E-state index contributed by atoms with van der Waals surface area (Å²) < 4.78 is 27.2. The Hall–Kier alpha value is -0.910. The van der Waals surface area contributed by atoms with Crippen LogP contribution in [-0.4, -0.2) is 25.8 Å². The quantitative estimate of drug-likeness (QED) is 0.907. The van der Waals surface area contributed by atoms with E-state index in [0.29, 0.717) is 23.5 Å². The summed E-state index contributed by atoms with van der Waals surface area (Å²) in [5, 5.41) is 0. The molecule has 1 heterocycles. The number of rotatable bonds is 5. The summed E-state index contributed by atoms with van der Waals surface area (Å²) in [6, 6.07) is 7.04. The SMILES string of the molecule is CCC1(CC)CCN(S(=O)(=O)c2ccccc2CN)C1. The first-order valence-corrected chi connectivity index (χ1v) is 8.71. The number of sulfonamides is 1. The lowest BCUT2D eigenvalue weighted by Gasteiger charge is -2.26. The molecule has 0 aromatic heterocycles. The first kappa shape index (κ1) is 15.5. The molecule has 1 fully saturated rings. The number of nitrogens with zero attached hydrogens (tertiary/aromatic N) is 1. The highest BCUT2D eigenvalue weighted by atomic mass is 32.2. The summed E-state index contributed by atoms with van der Waals surface area (Å²) in [5.41, 5.74) is 6.50. The molecule has 2 rings (SSSR count). The summed E-state index contributed by atoms with van der Waals surface area (Å²) in [5.74, 6) is 0. The number of nitrogens with two attached hydrogens (primary N) is 1. The van der Waals surface area contributed by atoms with E-state index in [-0.39, 0.29) is 12.0 Å². The van der Waals surface area contributed by atoms with Crippen LogP contribution in [-0.2, 0) is 16.6 Å². The van der Waals surface area contributed by atoms with E-state index < -0.39 is 10.0 Å². The fourth-order valence-electron chi connectivity index (χ4n) is 2.99. The summed E-state index contributed by atoms with van der Waals surface area (Å²) >= 11 is 0. The predicted molar refractivity (Wildman–Crippen MR) is 80.7 cm³/mol. The molecule has 1 aliphatic heterocycles. The molecular weight excluding hydrogens is 272 g/mol. The van der Waals surface area contributed by atoms with Gasteiger partial charge in [0.1, 0.15) is 0 Å². The average Bonchev–Trinajstić information content (AvgIpc) is 2.93.